The number of benzene rings is 1. The molecule has 2 heterocycles. The maximum Gasteiger partial charge on any atom is 0.227 e. The minimum atomic E-state index is 0.0330. The number of rotatable bonds is 5. The molecule has 5 nitrogen and oxygen atoms in total. The Labute approximate surface area is 143 Å². The first-order valence-corrected chi connectivity index (χ1v) is 8.93. The summed E-state index contributed by atoms with van der Waals surface area (Å²) in [7, 11) is 0. The van der Waals surface area contributed by atoms with Gasteiger partial charge in [0.2, 0.25) is 11.8 Å². The number of carbonyl (C=O) groups excluding carboxylic acids is 2. The summed E-state index contributed by atoms with van der Waals surface area (Å²) >= 11 is 0. The van der Waals surface area contributed by atoms with Gasteiger partial charge in [-0.15, -0.1) is 0 Å². The van der Waals surface area contributed by atoms with Crippen molar-refractivity contribution in [2.24, 2.45) is 5.41 Å². The number of nitrogens with zero attached hydrogens (tertiary/aromatic N) is 1. The minimum absolute atomic E-state index is 0.0330. The molecule has 5 heteroatoms. The normalized spacial score (nSPS) is 19.7. The van der Waals surface area contributed by atoms with Crippen LogP contribution in [0.3, 0.4) is 0 Å². The molecule has 130 valence electrons. The number of hydrogen-bond acceptors (Lipinski definition) is 3. The van der Waals surface area contributed by atoms with Gasteiger partial charge < -0.3 is 15.5 Å². The number of piperidine rings is 1. The van der Waals surface area contributed by atoms with E-state index < -0.39 is 0 Å². The van der Waals surface area contributed by atoms with Gasteiger partial charge in [-0.3, -0.25) is 9.59 Å². The Balaban J connectivity index is 1.52. The van der Waals surface area contributed by atoms with E-state index in [9.17, 15) is 9.59 Å². The van der Waals surface area contributed by atoms with E-state index in [-0.39, 0.29) is 17.2 Å². The van der Waals surface area contributed by atoms with Gasteiger partial charge in [0, 0.05) is 31.6 Å². The Morgan fingerprint density at radius 2 is 2.00 bits per heavy atom. The fourth-order valence-electron chi connectivity index (χ4n) is 3.56. The van der Waals surface area contributed by atoms with E-state index in [2.05, 4.69) is 23.6 Å². The zero-order chi connectivity index (χ0) is 17.0. The first kappa shape index (κ1) is 17.0. The molecule has 0 bridgehead atoms. The van der Waals surface area contributed by atoms with Crippen molar-refractivity contribution in [3.63, 3.8) is 0 Å². The van der Waals surface area contributed by atoms with E-state index in [0.29, 0.717) is 19.4 Å². The van der Waals surface area contributed by atoms with Gasteiger partial charge in [0.15, 0.2) is 0 Å². The number of para-hydroxylation sites is 1. The molecule has 3 rings (SSSR count). The second-order valence-corrected chi connectivity index (χ2v) is 7.26. The highest BCUT2D eigenvalue weighted by Crippen LogP contribution is 2.28. The SMILES string of the molecule is CC1(CNC(=O)CCN2C(=O)CCc3ccccc32)CCNCC1. The van der Waals surface area contributed by atoms with E-state index in [4.69, 9.17) is 0 Å². The van der Waals surface area contributed by atoms with E-state index in [1.165, 1.54) is 5.56 Å². The van der Waals surface area contributed by atoms with E-state index >= 15 is 0 Å². The molecule has 0 aromatic heterocycles. The van der Waals surface area contributed by atoms with Crippen molar-refractivity contribution in [2.75, 3.05) is 31.1 Å². The molecule has 1 aromatic carbocycles. The number of nitrogens with one attached hydrogen (secondary N) is 2. The zero-order valence-electron chi connectivity index (χ0n) is 14.4. The molecule has 0 spiro atoms. The van der Waals surface area contributed by atoms with Crippen molar-refractivity contribution in [1.82, 2.24) is 10.6 Å². The Kier molecular flexibility index (Phi) is 5.19. The largest absolute Gasteiger partial charge is 0.355 e. The standard InChI is InChI=1S/C19H27N3O2/c1-19(9-11-20-12-10-19)14-21-17(23)8-13-22-16-5-3-2-4-15(16)6-7-18(22)24/h2-5,20H,6-14H2,1H3,(H,21,23). The number of amides is 2. The van der Waals surface area contributed by atoms with Crippen molar-refractivity contribution < 1.29 is 9.59 Å². The van der Waals surface area contributed by atoms with Crippen molar-refractivity contribution in [1.29, 1.82) is 0 Å². The van der Waals surface area contributed by atoms with Crippen LogP contribution in [0.5, 0.6) is 0 Å². The number of hydrogen-bond donors (Lipinski definition) is 2. The third-order valence-corrected chi connectivity index (χ3v) is 5.28. The van der Waals surface area contributed by atoms with Crippen LogP contribution in [-0.2, 0) is 16.0 Å². The predicted molar refractivity (Wildman–Crippen MR) is 95.0 cm³/mol. The molecule has 24 heavy (non-hydrogen) atoms. The van der Waals surface area contributed by atoms with Crippen LogP contribution >= 0.6 is 0 Å². The molecular formula is C19H27N3O2. The van der Waals surface area contributed by atoms with Crippen LogP contribution in [0, 0.1) is 5.41 Å². The number of carbonyl (C=O) groups is 2. The summed E-state index contributed by atoms with van der Waals surface area (Å²) in [5, 5.41) is 6.42. The molecular weight excluding hydrogens is 302 g/mol. The Morgan fingerprint density at radius 3 is 2.79 bits per heavy atom. The van der Waals surface area contributed by atoms with Crippen LogP contribution in [0.1, 0.15) is 38.2 Å². The smallest absolute Gasteiger partial charge is 0.227 e. The molecule has 0 aliphatic carbocycles. The number of fused-ring (bicyclic) bond motifs is 1. The Bertz CT molecular complexity index is 608. The Hall–Kier alpha value is -1.88. The third-order valence-electron chi connectivity index (χ3n) is 5.28. The molecule has 1 aromatic rings. The fourth-order valence-corrected chi connectivity index (χ4v) is 3.56. The highest BCUT2D eigenvalue weighted by molar-refractivity contribution is 5.96. The first-order valence-electron chi connectivity index (χ1n) is 8.93. The molecule has 1 saturated heterocycles. The van der Waals surface area contributed by atoms with Crippen molar-refractivity contribution in [2.45, 2.75) is 39.0 Å². The van der Waals surface area contributed by atoms with Crippen LogP contribution < -0.4 is 15.5 Å². The van der Waals surface area contributed by atoms with E-state index in [0.717, 1.165) is 44.6 Å². The first-order chi connectivity index (χ1) is 11.6. The van der Waals surface area contributed by atoms with Crippen LogP contribution in [0.4, 0.5) is 5.69 Å². The second kappa shape index (κ2) is 7.34. The van der Waals surface area contributed by atoms with E-state index in [1.807, 2.05) is 18.2 Å². The summed E-state index contributed by atoms with van der Waals surface area (Å²) in [4.78, 5) is 26.2. The van der Waals surface area contributed by atoms with Gasteiger partial charge in [-0.1, -0.05) is 25.1 Å². The number of anilines is 1. The number of aryl methyl sites for hydroxylation is 1. The highest BCUT2D eigenvalue weighted by atomic mass is 16.2. The lowest BCUT2D eigenvalue weighted by atomic mass is 9.81. The Morgan fingerprint density at radius 1 is 1.25 bits per heavy atom. The van der Waals surface area contributed by atoms with Gasteiger partial charge in [-0.05, 0) is 49.4 Å². The van der Waals surface area contributed by atoms with Crippen molar-refractivity contribution in [3.05, 3.63) is 29.8 Å². The summed E-state index contributed by atoms with van der Waals surface area (Å²) in [6, 6.07) is 7.98. The predicted octanol–water partition coefficient (Wildman–Crippen LogP) is 1.86. The lowest BCUT2D eigenvalue weighted by molar-refractivity contribution is -0.121. The van der Waals surface area contributed by atoms with Crippen LogP contribution in [-0.4, -0.2) is 38.0 Å². The lowest BCUT2D eigenvalue weighted by Crippen LogP contribution is -2.44. The summed E-state index contributed by atoms with van der Waals surface area (Å²) in [6.07, 6.45) is 3.86. The van der Waals surface area contributed by atoms with Crippen LogP contribution in [0.2, 0.25) is 0 Å². The molecule has 2 amide bonds. The van der Waals surface area contributed by atoms with Crippen LogP contribution in [0.15, 0.2) is 24.3 Å². The summed E-state index contributed by atoms with van der Waals surface area (Å²) in [5.74, 6) is 0.150. The van der Waals surface area contributed by atoms with Crippen molar-refractivity contribution >= 4 is 17.5 Å². The molecule has 1 fully saturated rings. The molecule has 0 saturated carbocycles. The maximum atomic E-state index is 12.2. The van der Waals surface area contributed by atoms with Crippen molar-refractivity contribution in [3.8, 4) is 0 Å². The quantitative estimate of drug-likeness (QED) is 0.867. The van der Waals surface area contributed by atoms with Gasteiger partial charge in [0.1, 0.15) is 0 Å². The average molecular weight is 329 g/mol. The molecule has 2 aliphatic rings. The molecule has 0 radical (unpaired) electrons. The van der Waals surface area contributed by atoms with Crippen LogP contribution in [0.25, 0.3) is 0 Å². The molecule has 2 N–H and O–H groups in total. The monoisotopic (exact) mass is 329 g/mol. The molecule has 0 unspecified atom stereocenters. The minimum Gasteiger partial charge on any atom is -0.355 e. The van der Waals surface area contributed by atoms with Gasteiger partial charge in [-0.2, -0.15) is 0 Å². The lowest BCUT2D eigenvalue weighted by Gasteiger charge is -2.34. The summed E-state index contributed by atoms with van der Waals surface area (Å²) in [5.41, 5.74) is 2.35. The topological polar surface area (TPSA) is 61.4 Å². The third kappa shape index (κ3) is 3.96. The second-order valence-electron chi connectivity index (χ2n) is 7.26. The van der Waals surface area contributed by atoms with Gasteiger partial charge in [-0.25, -0.2) is 0 Å². The fraction of sp³-hybridized carbons (Fsp3) is 0.579. The van der Waals surface area contributed by atoms with Gasteiger partial charge in [0.25, 0.3) is 0 Å². The maximum absolute atomic E-state index is 12.2. The molecule has 0 atom stereocenters. The molecule has 2 aliphatic heterocycles. The average Bonchev–Trinajstić information content (AvgIpc) is 2.60. The van der Waals surface area contributed by atoms with Gasteiger partial charge >= 0.3 is 0 Å². The summed E-state index contributed by atoms with van der Waals surface area (Å²) in [6.45, 7) is 5.45. The van der Waals surface area contributed by atoms with Gasteiger partial charge in [0.05, 0.1) is 0 Å². The summed E-state index contributed by atoms with van der Waals surface area (Å²) < 4.78 is 0. The zero-order valence-corrected chi connectivity index (χ0v) is 14.4. The van der Waals surface area contributed by atoms with E-state index in [1.54, 1.807) is 4.90 Å². The highest BCUT2D eigenvalue weighted by Gasteiger charge is 2.28.